The molecule has 21 heavy (non-hydrogen) atoms. The van der Waals surface area contributed by atoms with E-state index in [1.54, 1.807) is 44.2 Å². The Bertz CT molecular complexity index is 675. The first-order valence-electron chi connectivity index (χ1n) is 6.61. The number of hydrogen-bond donors (Lipinski definition) is 0. The molecule has 4 heteroatoms. The Morgan fingerprint density at radius 2 is 1.67 bits per heavy atom. The fraction of sp³-hybridized carbons (Fsp3) is 0.176. The topological polar surface area (TPSA) is 43.4 Å². The molecule has 0 unspecified atom stereocenters. The normalized spacial score (nSPS) is 10.2. The van der Waals surface area contributed by atoms with E-state index in [1.165, 1.54) is 12.1 Å². The van der Waals surface area contributed by atoms with Crippen LogP contribution in [0.4, 0.5) is 4.39 Å². The minimum Gasteiger partial charge on any atom is -0.460 e. The van der Waals surface area contributed by atoms with Gasteiger partial charge in [-0.05, 0) is 48.7 Å². The highest BCUT2D eigenvalue weighted by molar-refractivity contribution is 6.41. The van der Waals surface area contributed by atoms with Crippen LogP contribution in [0.5, 0.6) is 0 Å². The number of Topliss-reactive ketones (excluding diaryl/α,β-unsaturated/α-hetero) is 1. The first-order valence-corrected chi connectivity index (χ1v) is 6.61. The van der Waals surface area contributed by atoms with Crippen LogP contribution in [-0.2, 0) is 9.53 Å². The third kappa shape index (κ3) is 3.34. The summed E-state index contributed by atoms with van der Waals surface area (Å²) in [4.78, 5) is 23.4. The molecule has 0 aliphatic rings. The van der Waals surface area contributed by atoms with Crippen molar-refractivity contribution in [2.24, 2.45) is 0 Å². The van der Waals surface area contributed by atoms with Crippen LogP contribution in [-0.4, -0.2) is 18.4 Å². The number of ether oxygens (including phenoxy) is 1. The standard InChI is InChI=1S/C17H15FO3/c1-3-21-17(20)16(19)15-9-6-13(10-11(15)2)12-4-7-14(18)8-5-12/h4-10H,3H2,1-2H3. The number of aryl methyl sites for hydroxylation is 1. The zero-order valence-electron chi connectivity index (χ0n) is 11.9. The molecule has 0 bridgehead atoms. The smallest absolute Gasteiger partial charge is 0.379 e. The number of benzene rings is 2. The van der Waals surface area contributed by atoms with Crippen molar-refractivity contribution in [2.75, 3.05) is 6.61 Å². The second-order valence-corrected chi connectivity index (χ2v) is 4.59. The fourth-order valence-corrected chi connectivity index (χ4v) is 2.05. The molecule has 3 nitrogen and oxygen atoms in total. The summed E-state index contributed by atoms with van der Waals surface area (Å²) in [6.45, 7) is 3.56. The van der Waals surface area contributed by atoms with Crippen LogP contribution >= 0.6 is 0 Å². The number of rotatable bonds is 4. The van der Waals surface area contributed by atoms with Crippen LogP contribution in [0.15, 0.2) is 42.5 Å². The molecule has 0 saturated carbocycles. The molecule has 108 valence electrons. The highest BCUT2D eigenvalue weighted by atomic mass is 19.1. The van der Waals surface area contributed by atoms with Gasteiger partial charge in [-0.15, -0.1) is 0 Å². The number of halogens is 1. The van der Waals surface area contributed by atoms with E-state index in [0.717, 1.165) is 11.1 Å². The van der Waals surface area contributed by atoms with E-state index in [9.17, 15) is 14.0 Å². The van der Waals surface area contributed by atoms with Crippen molar-refractivity contribution >= 4 is 11.8 Å². The van der Waals surface area contributed by atoms with Crippen molar-refractivity contribution in [3.8, 4) is 11.1 Å². The van der Waals surface area contributed by atoms with Gasteiger partial charge in [0, 0.05) is 5.56 Å². The monoisotopic (exact) mass is 286 g/mol. The molecule has 0 aliphatic carbocycles. The molecule has 2 aromatic carbocycles. The Morgan fingerprint density at radius 3 is 2.24 bits per heavy atom. The zero-order chi connectivity index (χ0) is 15.4. The number of esters is 1. The van der Waals surface area contributed by atoms with Crippen molar-refractivity contribution in [2.45, 2.75) is 13.8 Å². The SMILES string of the molecule is CCOC(=O)C(=O)c1ccc(-c2ccc(F)cc2)cc1C. The van der Waals surface area contributed by atoms with Gasteiger partial charge in [-0.25, -0.2) is 9.18 Å². The van der Waals surface area contributed by atoms with Gasteiger partial charge in [-0.3, -0.25) is 4.79 Å². The van der Waals surface area contributed by atoms with Gasteiger partial charge >= 0.3 is 5.97 Å². The van der Waals surface area contributed by atoms with Crippen LogP contribution in [0.25, 0.3) is 11.1 Å². The summed E-state index contributed by atoms with van der Waals surface area (Å²) < 4.78 is 17.6. The Morgan fingerprint density at radius 1 is 1.05 bits per heavy atom. The quantitative estimate of drug-likeness (QED) is 0.490. The van der Waals surface area contributed by atoms with E-state index in [2.05, 4.69) is 0 Å². The summed E-state index contributed by atoms with van der Waals surface area (Å²) in [7, 11) is 0. The van der Waals surface area contributed by atoms with Gasteiger partial charge in [-0.1, -0.05) is 24.3 Å². The maximum Gasteiger partial charge on any atom is 0.379 e. The molecule has 0 aliphatic heterocycles. The predicted octanol–water partition coefficient (Wildman–Crippen LogP) is 3.55. The van der Waals surface area contributed by atoms with Crippen molar-refractivity contribution in [1.29, 1.82) is 0 Å². The molecule has 0 radical (unpaired) electrons. The minimum absolute atomic E-state index is 0.164. The van der Waals surface area contributed by atoms with Gasteiger partial charge in [-0.2, -0.15) is 0 Å². The van der Waals surface area contributed by atoms with Crippen LogP contribution in [0.2, 0.25) is 0 Å². The zero-order valence-corrected chi connectivity index (χ0v) is 11.9. The Kier molecular flexibility index (Phi) is 4.48. The summed E-state index contributed by atoms with van der Waals surface area (Å²) in [6.07, 6.45) is 0. The molecule has 0 heterocycles. The lowest BCUT2D eigenvalue weighted by Crippen LogP contribution is -2.18. The highest BCUT2D eigenvalue weighted by Crippen LogP contribution is 2.23. The molecule has 2 rings (SSSR count). The van der Waals surface area contributed by atoms with Crippen LogP contribution in [0, 0.1) is 12.7 Å². The number of hydrogen-bond acceptors (Lipinski definition) is 3. The second-order valence-electron chi connectivity index (χ2n) is 4.59. The number of carbonyl (C=O) groups excluding carboxylic acids is 2. The van der Waals surface area contributed by atoms with E-state index in [1.807, 2.05) is 0 Å². The first-order chi connectivity index (χ1) is 10.0. The molecule has 0 fully saturated rings. The van der Waals surface area contributed by atoms with Crippen LogP contribution in [0.3, 0.4) is 0 Å². The fourth-order valence-electron chi connectivity index (χ4n) is 2.05. The minimum atomic E-state index is -0.852. The van der Waals surface area contributed by atoms with E-state index >= 15 is 0 Å². The molecule has 0 N–H and O–H groups in total. The number of ketones is 1. The molecule has 0 atom stereocenters. The maximum absolute atomic E-state index is 12.9. The lowest BCUT2D eigenvalue weighted by Gasteiger charge is -2.08. The summed E-state index contributed by atoms with van der Waals surface area (Å²) in [5.41, 5.74) is 2.69. The van der Waals surface area contributed by atoms with Gasteiger partial charge in [0.05, 0.1) is 6.61 Å². The average Bonchev–Trinajstić information content (AvgIpc) is 2.47. The van der Waals surface area contributed by atoms with Crippen molar-refractivity contribution in [3.63, 3.8) is 0 Å². The number of carbonyl (C=O) groups is 2. The second kappa shape index (κ2) is 6.31. The molecular weight excluding hydrogens is 271 g/mol. The van der Waals surface area contributed by atoms with Crippen molar-refractivity contribution in [3.05, 3.63) is 59.4 Å². The van der Waals surface area contributed by atoms with Gasteiger partial charge in [0.1, 0.15) is 5.82 Å². The Balaban J connectivity index is 2.31. The Labute approximate surface area is 122 Å². The van der Waals surface area contributed by atoms with E-state index in [4.69, 9.17) is 4.74 Å². The molecule has 0 aromatic heterocycles. The van der Waals surface area contributed by atoms with Crippen LogP contribution in [0.1, 0.15) is 22.8 Å². The van der Waals surface area contributed by atoms with E-state index in [-0.39, 0.29) is 12.4 Å². The van der Waals surface area contributed by atoms with Crippen molar-refractivity contribution < 1.29 is 18.7 Å². The molecule has 0 saturated heterocycles. The molecular formula is C17H15FO3. The van der Waals surface area contributed by atoms with Crippen LogP contribution < -0.4 is 0 Å². The molecule has 0 spiro atoms. The lowest BCUT2D eigenvalue weighted by molar-refractivity contribution is -0.137. The average molecular weight is 286 g/mol. The third-order valence-corrected chi connectivity index (χ3v) is 3.11. The predicted molar refractivity (Wildman–Crippen MR) is 77.5 cm³/mol. The van der Waals surface area contributed by atoms with Gasteiger partial charge in [0.15, 0.2) is 0 Å². The summed E-state index contributed by atoms with van der Waals surface area (Å²) in [5.74, 6) is -1.81. The Hall–Kier alpha value is -2.49. The van der Waals surface area contributed by atoms with Gasteiger partial charge in [0.2, 0.25) is 0 Å². The van der Waals surface area contributed by atoms with E-state index < -0.39 is 11.8 Å². The van der Waals surface area contributed by atoms with Gasteiger partial charge < -0.3 is 4.74 Å². The lowest BCUT2D eigenvalue weighted by atomic mass is 9.98. The molecule has 0 amide bonds. The van der Waals surface area contributed by atoms with Crippen molar-refractivity contribution in [1.82, 2.24) is 0 Å². The summed E-state index contributed by atoms with van der Waals surface area (Å²) in [5, 5.41) is 0. The first kappa shape index (κ1) is 14.9. The third-order valence-electron chi connectivity index (χ3n) is 3.11. The molecule has 2 aromatic rings. The summed E-state index contributed by atoms with van der Waals surface area (Å²) in [6, 6.07) is 11.2. The van der Waals surface area contributed by atoms with Gasteiger partial charge in [0.25, 0.3) is 5.78 Å². The summed E-state index contributed by atoms with van der Waals surface area (Å²) >= 11 is 0. The van der Waals surface area contributed by atoms with E-state index in [0.29, 0.717) is 11.1 Å². The highest BCUT2D eigenvalue weighted by Gasteiger charge is 2.19. The maximum atomic E-state index is 12.9. The largest absolute Gasteiger partial charge is 0.460 e.